The molecule has 1 aromatic heterocycles. The molecule has 100 valence electrons. The van der Waals surface area contributed by atoms with Gasteiger partial charge < -0.3 is 5.32 Å². The minimum atomic E-state index is -2.56. The Hall–Kier alpha value is -1.04. The number of nitrogens with one attached hydrogen (secondary N) is 1. The number of nitrogens with zero attached hydrogens (tertiary/aromatic N) is 1. The van der Waals surface area contributed by atoms with E-state index < -0.39 is 5.92 Å². The molecule has 2 rings (SSSR count). The predicted octanol–water partition coefficient (Wildman–Crippen LogP) is 3.07. The fourth-order valence-corrected chi connectivity index (χ4v) is 2.95. The van der Waals surface area contributed by atoms with Crippen LogP contribution in [0.25, 0.3) is 0 Å². The Bertz CT molecular complexity index is 429. The highest BCUT2D eigenvalue weighted by Crippen LogP contribution is 2.33. The van der Waals surface area contributed by atoms with Crippen molar-refractivity contribution < 1.29 is 13.6 Å². The first-order valence-corrected chi connectivity index (χ1v) is 6.78. The van der Waals surface area contributed by atoms with E-state index in [1.165, 1.54) is 11.5 Å². The van der Waals surface area contributed by atoms with E-state index in [0.717, 1.165) is 4.88 Å². The van der Waals surface area contributed by atoms with Crippen molar-refractivity contribution in [2.45, 2.75) is 51.5 Å². The Morgan fingerprint density at radius 2 is 2.00 bits per heavy atom. The topological polar surface area (TPSA) is 42.0 Å². The third kappa shape index (κ3) is 2.85. The molecule has 0 spiro atoms. The van der Waals surface area contributed by atoms with Crippen LogP contribution in [0.3, 0.4) is 0 Å². The summed E-state index contributed by atoms with van der Waals surface area (Å²) in [6, 6.07) is -0.143. The summed E-state index contributed by atoms with van der Waals surface area (Å²) in [6.07, 6.45) is 0.401. The second-order valence-electron chi connectivity index (χ2n) is 4.80. The van der Waals surface area contributed by atoms with Crippen LogP contribution in [0.5, 0.6) is 0 Å². The Balaban J connectivity index is 1.97. The third-order valence-electron chi connectivity index (χ3n) is 3.31. The van der Waals surface area contributed by atoms with Gasteiger partial charge in [-0.25, -0.2) is 8.78 Å². The summed E-state index contributed by atoms with van der Waals surface area (Å²) in [6.45, 7) is 3.63. The van der Waals surface area contributed by atoms with Gasteiger partial charge in [-0.1, -0.05) is 0 Å². The molecule has 0 aromatic carbocycles. The zero-order valence-electron chi connectivity index (χ0n) is 10.4. The van der Waals surface area contributed by atoms with Crippen molar-refractivity contribution in [2.24, 2.45) is 0 Å². The highest BCUT2D eigenvalue weighted by molar-refractivity contribution is 7.06. The molecular formula is C12H16F2N2OS. The monoisotopic (exact) mass is 274 g/mol. The second kappa shape index (κ2) is 4.91. The van der Waals surface area contributed by atoms with Crippen LogP contribution in [0.1, 0.15) is 46.6 Å². The number of alkyl halides is 2. The van der Waals surface area contributed by atoms with E-state index >= 15 is 0 Å². The Labute approximate surface area is 109 Å². The summed E-state index contributed by atoms with van der Waals surface area (Å²) in [5, 5.41) is 2.84. The summed E-state index contributed by atoms with van der Waals surface area (Å²) in [5.74, 6) is -2.74. The van der Waals surface area contributed by atoms with Gasteiger partial charge in [-0.3, -0.25) is 4.79 Å². The van der Waals surface area contributed by atoms with Crippen LogP contribution in [0.15, 0.2) is 0 Å². The van der Waals surface area contributed by atoms with Crippen molar-refractivity contribution in [2.75, 3.05) is 0 Å². The quantitative estimate of drug-likeness (QED) is 0.900. The molecule has 1 saturated carbocycles. The molecule has 18 heavy (non-hydrogen) atoms. The molecule has 0 atom stereocenters. The van der Waals surface area contributed by atoms with Crippen molar-refractivity contribution in [1.82, 2.24) is 9.69 Å². The first kappa shape index (κ1) is 13.4. The van der Waals surface area contributed by atoms with E-state index in [0.29, 0.717) is 24.1 Å². The maximum atomic E-state index is 13.0. The number of halogens is 2. The number of aromatic nitrogens is 1. The van der Waals surface area contributed by atoms with Gasteiger partial charge in [0.15, 0.2) is 0 Å². The summed E-state index contributed by atoms with van der Waals surface area (Å²) in [7, 11) is 0. The molecule has 0 saturated heterocycles. The maximum absolute atomic E-state index is 13.0. The SMILES string of the molecule is Cc1nsc(C)c1C(=O)NC1CCC(F)(F)CC1. The fourth-order valence-electron chi connectivity index (χ4n) is 2.25. The number of carbonyl (C=O) groups is 1. The van der Waals surface area contributed by atoms with Gasteiger partial charge in [0.2, 0.25) is 5.92 Å². The van der Waals surface area contributed by atoms with Crippen molar-refractivity contribution in [3.8, 4) is 0 Å². The van der Waals surface area contributed by atoms with Gasteiger partial charge in [-0.15, -0.1) is 0 Å². The molecule has 0 bridgehead atoms. The molecule has 1 aliphatic rings. The normalized spacial score (nSPS) is 19.8. The van der Waals surface area contributed by atoms with Crippen LogP contribution in [-0.2, 0) is 0 Å². The molecule has 1 aromatic rings. The van der Waals surface area contributed by atoms with Gasteiger partial charge >= 0.3 is 0 Å². The lowest BCUT2D eigenvalue weighted by molar-refractivity contribution is -0.0399. The number of hydrogen-bond acceptors (Lipinski definition) is 3. The van der Waals surface area contributed by atoms with Gasteiger partial charge in [0.05, 0.1) is 11.3 Å². The van der Waals surface area contributed by atoms with Crippen LogP contribution < -0.4 is 5.32 Å². The number of aryl methyl sites for hydroxylation is 2. The van der Waals surface area contributed by atoms with Gasteiger partial charge in [-0.2, -0.15) is 4.37 Å². The maximum Gasteiger partial charge on any atom is 0.254 e. The lowest BCUT2D eigenvalue weighted by atomic mass is 9.92. The van der Waals surface area contributed by atoms with Crippen molar-refractivity contribution >= 4 is 17.4 Å². The molecule has 0 unspecified atom stereocenters. The summed E-state index contributed by atoms with van der Waals surface area (Å²) in [4.78, 5) is 12.9. The number of amides is 1. The largest absolute Gasteiger partial charge is 0.349 e. The molecule has 1 fully saturated rings. The molecule has 0 radical (unpaired) electrons. The van der Waals surface area contributed by atoms with Crippen molar-refractivity contribution in [3.63, 3.8) is 0 Å². The van der Waals surface area contributed by atoms with Crippen LogP contribution in [0.2, 0.25) is 0 Å². The summed E-state index contributed by atoms with van der Waals surface area (Å²) in [5.41, 5.74) is 1.30. The van der Waals surface area contributed by atoms with Gasteiger partial charge in [0, 0.05) is 23.8 Å². The average molecular weight is 274 g/mol. The smallest absolute Gasteiger partial charge is 0.254 e. The molecule has 1 heterocycles. The van der Waals surface area contributed by atoms with Gasteiger partial charge in [-0.05, 0) is 38.2 Å². The van der Waals surface area contributed by atoms with E-state index in [2.05, 4.69) is 9.69 Å². The van der Waals surface area contributed by atoms with E-state index in [4.69, 9.17) is 0 Å². The zero-order chi connectivity index (χ0) is 13.3. The van der Waals surface area contributed by atoms with E-state index in [1.54, 1.807) is 6.92 Å². The number of carbonyl (C=O) groups excluding carboxylic acids is 1. The first-order chi connectivity index (χ1) is 8.39. The molecule has 6 heteroatoms. The minimum Gasteiger partial charge on any atom is -0.349 e. The molecule has 1 N–H and O–H groups in total. The number of rotatable bonds is 2. The summed E-state index contributed by atoms with van der Waals surface area (Å²) < 4.78 is 30.1. The molecule has 1 amide bonds. The van der Waals surface area contributed by atoms with Crippen LogP contribution in [-0.4, -0.2) is 22.2 Å². The highest BCUT2D eigenvalue weighted by atomic mass is 32.1. The second-order valence-corrected chi connectivity index (χ2v) is 5.78. The Morgan fingerprint density at radius 1 is 1.39 bits per heavy atom. The van der Waals surface area contributed by atoms with E-state index in [-0.39, 0.29) is 24.8 Å². The minimum absolute atomic E-state index is 0.141. The number of hydrogen-bond donors (Lipinski definition) is 1. The standard InChI is InChI=1S/C12H16F2N2OS/c1-7-10(8(2)18-16-7)11(17)15-9-3-5-12(13,14)6-4-9/h9H,3-6H2,1-2H3,(H,15,17). The van der Waals surface area contributed by atoms with E-state index in [9.17, 15) is 13.6 Å². The third-order valence-corrected chi connectivity index (χ3v) is 4.16. The van der Waals surface area contributed by atoms with Crippen LogP contribution in [0.4, 0.5) is 8.78 Å². The van der Waals surface area contributed by atoms with Gasteiger partial charge in [0.25, 0.3) is 5.91 Å². The van der Waals surface area contributed by atoms with Crippen LogP contribution in [0, 0.1) is 13.8 Å². The molecule has 0 aliphatic heterocycles. The van der Waals surface area contributed by atoms with Crippen molar-refractivity contribution in [3.05, 3.63) is 16.1 Å². The average Bonchev–Trinajstić information content (AvgIpc) is 2.62. The lowest BCUT2D eigenvalue weighted by Crippen LogP contribution is -2.40. The molecule has 3 nitrogen and oxygen atoms in total. The zero-order valence-corrected chi connectivity index (χ0v) is 11.2. The summed E-state index contributed by atoms with van der Waals surface area (Å²) >= 11 is 1.29. The van der Waals surface area contributed by atoms with E-state index in [1.807, 2.05) is 6.92 Å². The Kier molecular flexibility index (Phi) is 3.66. The fraction of sp³-hybridized carbons (Fsp3) is 0.667. The molecular weight excluding hydrogens is 258 g/mol. The predicted molar refractivity (Wildman–Crippen MR) is 66.3 cm³/mol. The van der Waals surface area contributed by atoms with Crippen LogP contribution >= 0.6 is 11.5 Å². The van der Waals surface area contributed by atoms with Gasteiger partial charge in [0.1, 0.15) is 0 Å². The molecule has 1 aliphatic carbocycles. The first-order valence-electron chi connectivity index (χ1n) is 6.00. The lowest BCUT2D eigenvalue weighted by Gasteiger charge is -2.28. The Morgan fingerprint density at radius 3 is 2.50 bits per heavy atom. The van der Waals surface area contributed by atoms with Crippen molar-refractivity contribution in [1.29, 1.82) is 0 Å². The highest BCUT2D eigenvalue weighted by Gasteiger charge is 2.35.